The van der Waals surface area contributed by atoms with Gasteiger partial charge < -0.3 is 15.2 Å². The van der Waals surface area contributed by atoms with Crippen molar-refractivity contribution in [3.8, 4) is 22.8 Å². The van der Waals surface area contributed by atoms with Crippen molar-refractivity contribution in [2.45, 2.75) is 19.8 Å². The normalized spacial score (nSPS) is 10.6. The van der Waals surface area contributed by atoms with E-state index in [-0.39, 0.29) is 17.4 Å². The fraction of sp³-hybridized carbons (Fsp3) is 0.267. The molecule has 2 aromatic rings. The van der Waals surface area contributed by atoms with Gasteiger partial charge in [-0.05, 0) is 12.0 Å². The zero-order chi connectivity index (χ0) is 16.3. The summed E-state index contributed by atoms with van der Waals surface area (Å²) >= 11 is 0. The minimum absolute atomic E-state index is 0.111. The minimum atomic E-state index is -1.06. The van der Waals surface area contributed by atoms with Crippen LogP contribution < -0.4 is 15.2 Å². The van der Waals surface area contributed by atoms with Crippen molar-refractivity contribution in [3.63, 3.8) is 0 Å². The van der Waals surface area contributed by atoms with Gasteiger partial charge >= 0.3 is 6.09 Å². The highest BCUT2D eigenvalue weighted by atomic mass is 19.1. The van der Waals surface area contributed by atoms with Gasteiger partial charge in [0.2, 0.25) is 0 Å². The lowest BCUT2D eigenvalue weighted by atomic mass is 10.1. The van der Waals surface area contributed by atoms with Gasteiger partial charge in [-0.1, -0.05) is 13.8 Å². The van der Waals surface area contributed by atoms with Crippen LogP contribution >= 0.6 is 0 Å². The Hall–Kier alpha value is -2.70. The van der Waals surface area contributed by atoms with Gasteiger partial charge in [0.05, 0.1) is 30.3 Å². The van der Waals surface area contributed by atoms with Crippen LogP contribution in [0.25, 0.3) is 11.3 Å². The number of benzene rings is 1. The summed E-state index contributed by atoms with van der Waals surface area (Å²) in [6.07, 6.45) is 2.07. The molecule has 0 fully saturated rings. The monoisotopic (exact) mass is 305 g/mol. The molecule has 1 aromatic heterocycles. The Kier molecular flexibility index (Phi) is 4.55. The number of halogens is 1. The van der Waals surface area contributed by atoms with Gasteiger partial charge in [-0.25, -0.2) is 9.18 Å². The van der Waals surface area contributed by atoms with Crippen molar-refractivity contribution in [2.75, 3.05) is 7.11 Å². The molecule has 0 aliphatic heterocycles. The largest absolute Gasteiger partial charge is 0.492 e. The second kappa shape index (κ2) is 6.38. The number of nitrogens with two attached hydrogens (primary N) is 1. The van der Waals surface area contributed by atoms with E-state index < -0.39 is 11.9 Å². The number of rotatable bonds is 4. The van der Waals surface area contributed by atoms with Gasteiger partial charge in [-0.2, -0.15) is 0 Å². The third-order valence-electron chi connectivity index (χ3n) is 2.97. The number of methoxy groups -OCH3 is 1. The van der Waals surface area contributed by atoms with Crippen molar-refractivity contribution in [2.24, 2.45) is 5.73 Å². The number of hydrogen-bond donors (Lipinski definition) is 1. The summed E-state index contributed by atoms with van der Waals surface area (Å²) in [6, 6.07) is 2.24. The smallest absolute Gasteiger partial charge is 0.410 e. The van der Waals surface area contributed by atoms with Gasteiger partial charge in [-0.3, -0.25) is 9.97 Å². The molecule has 2 rings (SSSR count). The molecule has 0 atom stereocenters. The second-order valence-corrected chi connectivity index (χ2v) is 4.89. The molecular formula is C15H16FN3O3. The first-order valence-corrected chi connectivity index (χ1v) is 6.59. The fourth-order valence-electron chi connectivity index (χ4n) is 1.93. The molecule has 0 saturated carbocycles. The van der Waals surface area contributed by atoms with E-state index in [0.717, 1.165) is 11.8 Å². The van der Waals surface area contributed by atoms with E-state index in [0.29, 0.717) is 11.3 Å². The van der Waals surface area contributed by atoms with Crippen LogP contribution in [-0.2, 0) is 0 Å². The number of hydrogen-bond acceptors (Lipinski definition) is 5. The Morgan fingerprint density at radius 2 is 2.00 bits per heavy atom. The first kappa shape index (κ1) is 15.7. The topological polar surface area (TPSA) is 87.3 Å². The standard InChI is InChI=1S/C15H16FN3O3/c1-8(2)11-6-19-12(7-18-11)10-4-9(16)5-13(14(10)21-3)22-15(17)20/h4-8H,1-3H3,(H2,17,20). The number of carbonyl (C=O) groups is 1. The highest BCUT2D eigenvalue weighted by Crippen LogP contribution is 2.38. The van der Waals surface area contributed by atoms with Crippen LogP contribution in [0.2, 0.25) is 0 Å². The highest BCUT2D eigenvalue weighted by molar-refractivity contribution is 5.75. The molecule has 0 bridgehead atoms. The molecule has 0 spiro atoms. The summed E-state index contributed by atoms with van der Waals surface area (Å²) in [5.74, 6) is -0.335. The number of aromatic nitrogens is 2. The Balaban J connectivity index is 2.53. The number of carbonyl (C=O) groups excluding carboxylic acids is 1. The molecule has 2 N–H and O–H groups in total. The van der Waals surface area contributed by atoms with Crippen molar-refractivity contribution in [3.05, 3.63) is 36.0 Å². The molecular weight excluding hydrogens is 289 g/mol. The Bertz CT molecular complexity index is 687. The Labute approximate surface area is 127 Å². The molecule has 22 heavy (non-hydrogen) atoms. The molecule has 1 aromatic carbocycles. The number of primary amides is 1. The van der Waals surface area contributed by atoms with Crippen molar-refractivity contribution >= 4 is 6.09 Å². The third-order valence-corrected chi connectivity index (χ3v) is 2.97. The van der Waals surface area contributed by atoms with Crippen LogP contribution in [0.5, 0.6) is 11.5 Å². The maximum absolute atomic E-state index is 13.8. The van der Waals surface area contributed by atoms with E-state index >= 15 is 0 Å². The van der Waals surface area contributed by atoms with Gasteiger partial charge in [0.15, 0.2) is 11.5 Å². The van der Waals surface area contributed by atoms with Crippen LogP contribution in [0, 0.1) is 5.82 Å². The number of nitrogens with zero attached hydrogens (tertiary/aromatic N) is 2. The van der Waals surface area contributed by atoms with E-state index in [4.69, 9.17) is 15.2 Å². The van der Waals surface area contributed by atoms with Gasteiger partial charge in [0.25, 0.3) is 0 Å². The number of amides is 1. The SMILES string of the molecule is COc1c(OC(N)=O)cc(F)cc1-c1cnc(C(C)C)cn1. The lowest BCUT2D eigenvalue weighted by Gasteiger charge is -2.13. The first-order chi connectivity index (χ1) is 10.4. The molecule has 116 valence electrons. The lowest BCUT2D eigenvalue weighted by molar-refractivity contribution is 0.208. The van der Waals surface area contributed by atoms with Crippen molar-refractivity contribution in [1.29, 1.82) is 0 Å². The zero-order valence-electron chi connectivity index (χ0n) is 12.5. The minimum Gasteiger partial charge on any atom is -0.492 e. The van der Waals surface area contributed by atoms with E-state index in [9.17, 15) is 9.18 Å². The van der Waals surface area contributed by atoms with E-state index in [1.807, 2.05) is 13.8 Å². The van der Waals surface area contributed by atoms with E-state index in [1.165, 1.54) is 19.4 Å². The summed E-state index contributed by atoms with van der Waals surface area (Å²) in [5, 5.41) is 0. The summed E-state index contributed by atoms with van der Waals surface area (Å²) in [4.78, 5) is 19.4. The first-order valence-electron chi connectivity index (χ1n) is 6.59. The van der Waals surface area contributed by atoms with E-state index in [2.05, 4.69) is 9.97 Å². The van der Waals surface area contributed by atoms with Crippen LogP contribution in [0.1, 0.15) is 25.5 Å². The van der Waals surface area contributed by atoms with Crippen LogP contribution in [0.4, 0.5) is 9.18 Å². The predicted octanol–water partition coefficient (Wildman–Crippen LogP) is 2.87. The second-order valence-electron chi connectivity index (χ2n) is 4.89. The Morgan fingerprint density at radius 3 is 2.50 bits per heavy atom. The van der Waals surface area contributed by atoms with Crippen LogP contribution in [0.3, 0.4) is 0 Å². The molecule has 0 unspecified atom stereocenters. The molecule has 0 aliphatic carbocycles. The fourth-order valence-corrected chi connectivity index (χ4v) is 1.93. The van der Waals surface area contributed by atoms with Crippen LogP contribution in [0.15, 0.2) is 24.5 Å². The average molecular weight is 305 g/mol. The van der Waals surface area contributed by atoms with Crippen molar-refractivity contribution in [1.82, 2.24) is 9.97 Å². The van der Waals surface area contributed by atoms with Crippen molar-refractivity contribution < 1.29 is 18.7 Å². The van der Waals surface area contributed by atoms with Gasteiger partial charge in [0, 0.05) is 12.3 Å². The maximum Gasteiger partial charge on any atom is 0.410 e. The van der Waals surface area contributed by atoms with E-state index in [1.54, 1.807) is 6.20 Å². The summed E-state index contributed by atoms with van der Waals surface area (Å²) < 4.78 is 23.7. The molecule has 0 aliphatic rings. The lowest BCUT2D eigenvalue weighted by Crippen LogP contribution is -2.17. The maximum atomic E-state index is 13.8. The molecule has 7 heteroatoms. The quantitative estimate of drug-likeness (QED) is 0.938. The number of ether oxygens (including phenoxy) is 2. The third kappa shape index (κ3) is 3.30. The molecule has 0 radical (unpaired) electrons. The molecule has 1 heterocycles. The predicted molar refractivity (Wildman–Crippen MR) is 78.3 cm³/mol. The van der Waals surface area contributed by atoms with Crippen LogP contribution in [-0.4, -0.2) is 23.2 Å². The Morgan fingerprint density at radius 1 is 1.27 bits per heavy atom. The summed E-state index contributed by atoms with van der Waals surface area (Å²) in [6.45, 7) is 3.98. The molecule has 0 saturated heterocycles. The molecule has 6 nitrogen and oxygen atoms in total. The van der Waals surface area contributed by atoms with Gasteiger partial charge in [0.1, 0.15) is 5.82 Å². The molecule has 1 amide bonds. The highest BCUT2D eigenvalue weighted by Gasteiger charge is 2.18. The zero-order valence-corrected chi connectivity index (χ0v) is 12.5. The summed E-state index contributed by atoms with van der Waals surface area (Å²) in [7, 11) is 1.38. The summed E-state index contributed by atoms with van der Waals surface area (Å²) in [5.41, 5.74) is 6.50. The average Bonchev–Trinajstić information content (AvgIpc) is 2.46. The van der Waals surface area contributed by atoms with Gasteiger partial charge in [-0.15, -0.1) is 0 Å².